The fourth-order valence-corrected chi connectivity index (χ4v) is 3.84. The molecule has 2 aromatic heterocycles. The summed E-state index contributed by atoms with van der Waals surface area (Å²) in [6, 6.07) is 3.72. The molecule has 7 nitrogen and oxygen atoms in total. The van der Waals surface area contributed by atoms with Crippen LogP contribution in [0, 0.1) is 13.8 Å². The summed E-state index contributed by atoms with van der Waals surface area (Å²) in [5.41, 5.74) is 4.82. The first kappa shape index (κ1) is 19.9. The molecule has 156 valence electrons. The molecule has 30 heavy (non-hydrogen) atoms. The van der Waals surface area contributed by atoms with Gasteiger partial charge < -0.3 is 19.0 Å². The Labute approximate surface area is 174 Å². The number of H-pyrrole nitrogens is 1. The van der Waals surface area contributed by atoms with Crippen molar-refractivity contribution in [2.45, 2.75) is 40.2 Å². The van der Waals surface area contributed by atoms with Gasteiger partial charge in [0.1, 0.15) is 17.9 Å². The first-order valence-electron chi connectivity index (χ1n) is 9.96. The van der Waals surface area contributed by atoms with Crippen LogP contribution in [-0.2, 0) is 24.2 Å². The number of carbonyl (C=O) groups excluding carboxylic acids is 1. The molecule has 3 heterocycles. The van der Waals surface area contributed by atoms with Crippen molar-refractivity contribution in [2.75, 3.05) is 13.2 Å². The number of nitrogens with one attached hydrogen (secondary N) is 1. The van der Waals surface area contributed by atoms with E-state index < -0.39 is 5.63 Å². The molecule has 1 aromatic carbocycles. The molecule has 1 N–H and O–H groups in total. The van der Waals surface area contributed by atoms with Crippen LogP contribution >= 0.6 is 0 Å². The molecule has 0 atom stereocenters. The molecule has 0 aliphatic carbocycles. The van der Waals surface area contributed by atoms with Gasteiger partial charge >= 0.3 is 5.63 Å². The van der Waals surface area contributed by atoms with Crippen LogP contribution in [0.3, 0.4) is 0 Å². The smallest absolute Gasteiger partial charge is 0.340 e. The van der Waals surface area contributed by atoms with Gasteiger partial charge in [-0.15, -0.1) is 0 Å². The predicted octanol–water partition coefficient (Wildman–Crippen LogP) is 3.22. The molecule has 1 aliphatic rings. The van der Waals surface area contributed by atoms with Crippen LogP contribution in [0.2, 0.25) is 0 Å². The van der Waals surface area contributed by atoms with Crippen LogP contribution in [-0.4, -0.2) is 33.9 Å². The molecule has 0 radical (unpaired) electrons. The second kappa shape index (κ2) is 7.82. The number of carbonyl (C=O) groups is 1. The summed E-state index contributed by atoms with van der Waals surface area (Å²) in [4.78, 5) is 34.8. The topological polar surface area (TPSA) is 88.4 Å². The third-order valence-corrected chi connectivity index (χ3v) is 5.42. The monoisotopic (exact) mass is 407 g/mol. The number of imidazole rings is 1. The van der Waals surface area contributed by atoms with Crippen molar-refractivity contribution in [3.63, 3.8) is 0 Å². The number of hydrogen-bond acceptors (Lipinski definition) is 5. The Morgan fingerprint density at radius 3 is 2.93 bits per heavy atom. The van der Waals surface area contributed by atoms with Gasteiger partial charge in [0.05, 0.1) is 41.6 Å². The summed E-state index contributed by atoms with van der Waals surface area (Å²) < 4.78 is 11.5. The minimum absolute atomic E-state index is 0.0125. The first-order chi connectivity index (χ1) is 14.3. The second-order valence-electron chi connectivity index (χ2n) is 7.94. The number of benzene rings is 1. The molecule has 1 amide bonds. The number of amides is 1. The van der Waals surface area contributed by atoms with Crippen molar-refractivity contribution in [3.05, 3.63) is 69.1 Å². The zero-order chi connectivity index (χ0) is 21.4. The lowest BCUT2D eigenvalue weighted by molar-refractivity contribution is -0.131. The van der Waals surface area contributed by atoms with Gasteiger partial charge in [-0.1, -0.05) is 6.58 Å². The maximum atomic E-state index is 13.0. The van der Waals surface area contributed by atoms with E-state index in [1.165, 1.54) is 0 Å². The molecule has 1 aliphatic heterocycles. The number of rotatable bonds is 5. The van der Waals surface area contributed by atoms with E-state index in [2.05, 4.69) is 16.5 Å². The number of hydrogen-bond donors (Lipinski definition) is 1. The Bertz CT molecular complexity index is 1210. The SMILES string of the molecule is C=C(C)COc1cc(C)cc2oc(=O)c(CC(=O)N3CCc4nc[nH]c4C3)c(C)c12. The molecule has 0 unspecified atom stereocenters. The summed E-state index contributed by atoms with van der Waals surface area (Å²) in [6.07, 6.45) is 2.34. The summed E-state index contributed by atoms with van der Waals surface area (Å²) in [5.74, 6) is 0.518. The Balaban J connectivity index is 1.68. The summed E-state index contributed by atoms with van der Waals surface area (Å²) in [5, 5.41) is 0.721. The molecule has 4 rings (SSSR count). The first-order valence-corrected chi connectivity index (χ1v) is 9.96. The number of aromatic amines is 1. The zero-order valence-electron chi connectivity index (χ0n) is 17.5. The van der Waals surface area contributed by atoms with Crippen LogP contribution in [0.25, 0.3) is 11.0 Å². The van der Waals surface area contributed by atoms with E-state index in [1.54, 1.807) is 11.2 Å². The van der Waals surface area contributed by atoms with Crippen molar-refractivity contribution < 1.29 is 13.9 Å². The molecule has 0 spiro atoms. The molecule has 0 saturated carbocycles. The van der Waals surface area contributed by atoms with Gasteiger partial charge in [0, 0.05) is 13.0 Å². The van der Waals surface area contributed by atoms with E-state index in [-0.39, 0.29) is 12.3 Å². The third kappa shape index (κ3) is 3.75. The number of aromatic nitrogens is 2. The normalized spacial score (nSPS) is 13.4. The number of aryl methyl sites for hydroxylation is 2. The number of ether oxygens (including phenoxy) is 1. The fraction of sp³-hybridized carbons (Fsp3) is 0.348. The highest BCUT2D eigenvalue weighted by atomic mass is 16.5. The van der Waals surface area contributed by atoms with Gasteiger partial charge in [-0.25, -0.2) is 9.78 Å². The van der Waals surface area contributed by atoms with Crippen LogP contribution in [0.4, 0.5) is 0 Å². The molecule has 3 aromatic rings. The van der Waals surface area contributed by atoms with Crippen molar-refractivity contribution >= 4 is 16.9 Å². The lowest BCUT2D eigenvalue weighted by Gasteiger charge is -2.26. The summed E-state index contributed by atoms with van der Waals surface area (Å²) in [7, 11) is 0. The molecule has 7 heteroatoms. The third-order valence-electron chi connectivity index (χ3n) is 5.42. The second-order valence-corrected chi connectivity index (χ2v) is 7.94. The van der Waals surface area contributed by atoms with Gasteiger partial charge in [-0.2, -0.15) is 0 Å². The van der Waals surface area contributed by atoms with E-state index in [0.717, 1.165) is 27.9 Å². The largest absolute Gasteiger partial charge is 0.488 e. The lowest BCUT2D eigenvalue weighted by atomic mass is 10.0. The summed E-state index contributed by atoms with van der Waals surface area (Å²) >= 11 is 0. The zero-order valence-corrected chi connectivity index (χ0v) is 17.5. The molecule has 0 bridgehead atoms. The maximum Gasteiger partial charge on any atom is 0.340 e. The van der Waals surface area contributed by atoms with E-state index in [4.69, 9.17) is 9.15 Å². The Kier molecular flexibility index (Phi) is 5.20. The Morgan fingerprint density at radius 2 is 2.17 bits per heavy atom. The molecular formula is C23H25N3O4. The number of nitrogens with zero attached hydrogens (tertiary/aromatic N) is 2. The van der Waals surface area contributed by atoms with Crippen LogP contribution < -0.4 is 10.4 Å². The van der Waals surface area contributed by atoms with Crippen LogP contribution in [0.1, 0.15) is 35.0 Å². The lowest BCUT2D eigenvalue weighted by Crippen LogP contribution is -2.37. The van der Waals surface area contributed by atoms with Gasteiger partial charge in [-0.3, -0.25) is 4.79 Å². The molecule has 0 fully saturated rings. The highest BCUT2D eigenvalue weighted by Crippen LogP contribution is 2.31. The van der Waals surface area contributed by atoms with Crippen LogP contribution in [0.5, 0.6) is 5.75 Å². The quantitative estimate of drug-likeness (QED) is 0.518. The Hall–Kier alpha value is -3.35. The van der Waals surface area contributed by atoms with E-state index >= 15 is 0 Å². The maximum absolute atomic E-state index is 13.0. The van der Waals surface area contributed by atoms with Gasteiger partial charge in [0.25, 0.3) is 0 Å². The molecular weight excluding hydrogens is 382 g/mol. The average Bonchev–Trinajstić information content (AvgIpc) is 3.16. The predicted molar refractivity (Wildman–Crippen MR) is 114 cm³/mol. The number of fused-ring (bicyclic) bond motifs is 2. The van der Waals surface area contributed by atoms with E-state index in [9.17, 15) is 9.59 Å². The van der Waals surface area contributed by atoms with Gasteiger partial charge in [0.2, 0.25) is 5.91 Å². The highest BCUT2D eigenvalue weighted by Gasteiger charge is 2.25. The van der Waals surface area contributed by atoms with Crippen molar-refractivity contribution in [2.24, 2.45) is 0 Å². The van der Waals surface area contributed by atoms with Gasteiger partial charge in [0.15, 0.2) is 0 Å². The average molecular weight is 407 g/mol. The van der Waals surface area contributed by atoms with Crippen molar-refractivity contribution in [1.29, 1.82) is 0 Å². The minimum Gasteiger partial charge on any atom is -0.488 e. The standard InChI is InChI=1S/C23H25N3O4/c1-13(2)11-29-19-7-14(3)8-20-22(19)15(4)16(23(28)30-20)9-21(27)26-6-5-17-18(10-26)25-12-24-17/h7-8,12H,1,5-6,9-11H2,2-4H3,(H,24,25). The van der Waals surface area contributed by atoms with Gasteiger partial charge in [-0.05, 0) is 49.6 Å². The highest BCUT2D eigenvalue weighted by molar-refractivity contribution is 5.89. The van der Waals surface area contributed by atoms with Crippen molar-refractivity contribution in [1.82, 2.24) is 14.9 Å². The van der Waals surface area contributed by atoms with Crippen molar-refractivity contribution in [3.8, 4) is 5.75 Å². The van der Waals surface area contributed by atoms with Crippen LogP contribution in [0.15, 0.2) is 39.8 Å². The van der Waals surface area contributed by atoms with E-state index in [0.29, 0.717) is 48.6 Å². The fourth-order valence-electron chi connectivity index (χ4n) is 3.84. The minimum atomic E-state index is -0.482. The Morgan fingerprint density at radius 1 is 1.37 bits per heavy atom. The summed E-state index contributed by atoms with van der Waals surface area (Å²) in [6.45, 7) is 10.9. The molecule has 0 saturated heterocycles. The van der Waals surface area contributed by atoms with E-state index in [1.807, 2.05) is 32.9 Å².